The maximum atomic E-state index is 12.2. The summed E-state index contributed by atoms with van der Waals surface area (Å²) in [4.78, 5) is 25.5. The zero-order valence-corrected chi connectivity index (χ0v) is 13.1. The Balaban J connectivity index is 2.06. The smallest absolute Gasteiger partial charge is 0.255 e. The summed E-state index contributed by atoms with van der Waals surface area (Å²) < 4.78 is 0. The topological polar surface area (TPSA) is 49.4 Å². The lowest BCUT2D eigenvalue weighted by molar-refractivity contribution is 0.0827. The first-order valence-corrected chi connectivity index (χ1v) is 7.23. The van der Waals surface area contributed by atoms with Crippen LogP contribution in [0.4, 0.5) is 5.69 Å². The molecule has 114 valence electrons. The van der Waals surface area contributed by atoms with E-state index < -0.39 is 0 Å². The van der Waals surface area contributed by atoms with Crippen molar-refractivity contribution in [2.24, 2.45) is 0 Å². The molecule has 0 fully saturated rings. The van der Waals surface area contributed by atoms with Gasteiger partial charge in [0, 0.05) is 30.9 Å². The van der Waals surface area contributed by atoms with Crippen LogP contribution in [0, 0.1) is 0 Å². The fourth-order valence-electron chi connectivity index (χ4n) is 2.05. The Morgan fingerprint density at radius 2 is 1.45 bits per heavy atom. The van der Waals surface area contributed by atoms with Crippen molar-refractivity contribution in [3.05, 3.63) is 65.2 Å². The quantitative estimate of drug-likeness (QED) is 0.942. The van der Waals surface area contributed by atoms with Gasteiger partial charge in [-0.1, -0.05) is 19.1 Å². The number of carbonyl (C=O) groups excluding carboxylic acids is 2. The van der Waals surface area contributed by atoms with Gasteiger partial charge in [0.15, 0.2) is 0 Å². The number of anilines is 1. The van der Waals surface area contributed by atoms with Gasteiger partial charge in [-0.05, 0) is 48.4 Å². The van der Waals surface area contributed by atoms with Gasteiger partial charge in [0.1, 0.15) is 0 Å². The van der Waals surface area contributed by atoms with Crippen LogP contribution < -0.4 is 5.32 Å². The van der Waals surface area contributed by atoms with E-state index in [0.29, 0.717) is 16.8 Å². The highest BCUT2D eigenvalue weighted by Gasteiger charge is 2.09. The predicted molar refractivity (Wildman–Crippen MR) is 88.2 cm³/mol. The molecule has 0 radical (unpaired) electrons. The average molecular weight is 296 g/mol. The van der Waals surface area contributed by atoms with Crippen molar-refractivity contribution in [1.82, 2.24) is 4.90 Å². The van der Waals surface area contributed by atoms with Crippen LogP contribution in [0.15, 0.2) is 48.5 Å². The summed E-state index contributed by atoms with van der Waals surface area (Å²) in [6, 6.07) is 14.4. The molecule has 4 nitrogen and oxygen atoms in total. The van der Waals surface area contributed by atoms with Crippen molar-refractivity contribution in [3.8, 4) is 0 Å². The molecule has 0 aromatic heterocycles. The minimum absolute atomic E-state index is 0.0620. The molecule has 0 saturated heterocycles. The SMILES string of the molecule is CCc1ccc(C(=O)Nc2ccc(C(=O)N(C)C)cc2)cc1. The predicted octanol–water partition coefficient (Wildman–Crippen LogP) is 3.20. The van der Waals surface area contributed by atoms with Crippen molar-refractivity contribution >= 4 is 17.5 Å². The highest BCUT2D eigenvalue weighted by molar-refractivity contribution is 6.04. The monoisotopic (exact) mass is 296 g/mol. The second-order valence-electron chi connectivity index (χ2n) is 5.28. The largest absolute Gasteiger partial charge is 0.345 e. The van der Waals surface area contributed by atoms with Crippen molar-refractivity contribution in [2.45, 2.75) is 13.3 Å². The van der Waals surface area contributed by atoms with Crippen molar-refractivity contribution < 1.29 is 9.59 Å². The molecule has 0 aliphatic carbocycles. The maximum Gasteiger partial charge on any atom is 0.255 e. The number of amides is 2. The van der Waals surface area contributed by atoms with E-state index >= 15 is 0 Å². The summed E-state index contributed by atoms with van der Waals surface area (Å²) in [5.74, 6) is -0.220. The van der Waals surface area contributed by atoms with Gasteiger partial charge in [-0.3, -0.25) is 9.59 Å². The summed E-state index contributed by atoms with van der Waals surface area (Å²) >= 11 is 0. The van der Waals surface area contributed by atoms with E-state index in [0.717, 1.165) is 6.42 Å². The maximum absolute atomic E-state index is 12.2. The third kappa shape index (κ3) is 3.73. The van der Waals surface area contributed by atoms with Gasteiger partial charge in [0.25, 0.3) is 11.8 Å². The van der Waals surface area contributed by atoms with Crippen LogP contribution in [0.5, 0.6) is 0 Å². The minimum Gasteiger partial charge on any atom is -0.345 e. The van der Waals surface area contributed by atoms with Gasteiger partial charge in [-0.15, -0.1) is 0 Å². The fourth-order valence-corrected chi connectivity index (χ4v) is 2.05. The zero-order valence-electron chi connectivity index (χ0n) is 13.1. The molecule has 0 unspecified atom stereocenters. The first kappa shape index (κ1) is 15.8. The van der Waals surface area contributed by atoms with E-state index in [1.54, 1.807) is 38.4 Å². The van der Waals surface area contributed by atoms with Crippen LogP contribution in [0.3, 0.4) is 0 Å². The molecule has 4 heteroatoms. The number of nitrogens with zero attached hydrogens (tertiary/aromatic N) is 1. The molecule has 0 spiro atoms. The Kier molecular flexibility index (Phi) is 4.94. The zero-order chi connectivity index (χ0) is 16.1. The number of carbonyl (C=O) groups is 2. The molecule has 0 heterocycles. The van der Waals surface area contributed by atoms with Gasteiger partial charge in [0.05, 0.1) is 0 Å². The molecular formula is C18H20N2O2. The lowest BCUT2D eigenvalue weighted by Gasteiger charge is -2.11. The average Bonchev–Trinajstić information content (AvgIpc) is 2.54. The number of hydrogen-bond acceptors (Lipinski definition) is 2. The summed E-state index contributed by atoms with van der Waals surface area (Å²) in [6.45, 7) is 2.08. The Bertz CT molecular complexity index is 658. The third-order valence-corrected chi connectivity index (χ3v) is 3.42. The third-order valence-electron chi connectivity index (χ3n) is 3.42. The molecule has 0 aliphatic rings. The van der Waals surface area contributed by atoms with Crippen molar-refractivity contribution in [3.63, 3.8) is 0 Å². The Morgan fingerprint density at radius 1 is 0.909 bits per heavy atom. The highest BCUT2D eigenvalue weighted by Crippen LogP contribution is 2.13. The Labute approximate surface area is 130 Å². The summed E-state index contributed by atoms with van der Waals surface area (Å²) in [7, 11) is 3.41. The van der Waals surface area contributed by atoms with Crippen LogP contribution in [0.2, 0.25) is 0 Å². The highest BCUT2D eigenvalue weighted by atomic mass is 16.2. The molecule has 0 saturated carbocycles. The van der Waals surface area contributed by atoms with Gasteiger partial charge in [-0.25, -0.2) is 0 Å². The van der Waals surface area contributed by atoms with E-state index in [2.05, 4.69) is 12.2 Å². The molecular weight excluding hydrogens is 276 g/mol. The van der Waals surface area contributed by atoms with Crippen LogP contribution in [0.25, 0.3) is 0 Å². The van der Waals surface area contributed by atoms with E-state index in [-0.39, 0.29) is 11.8 Å². The molecule has 0 atom stereocenters. The minimum atomic E-state index is -0.158. The van der Waals surface area contributed by atoms with Crippen LogP contribution in [-0.4, -0.2) is 30.8 Å². The molecule has 2 aromatic carbocycles. The number of benzene rings is 2. The molecule has 2 rings (SSSR count). The van der Waals surface area contributed by atoms with Crippen LogP contribution >= 0.6 is 0 Å². The second kappa shape index (κ2) is 6.89. The van der Waals surface area contributed by atoms with Crippen molar-refractivity contribution in [1.29, 1.82) is 0 Å². The van der Waals surface area contributed by atoms with Gasteiger partial charge in [-0.2, -0.15) is 0 Å². The molecule has 22 heavy (non-hydrogen) atoms. The first-order chi connectivity index (χ1) is 10.5. The number of nitrogens with one attached hydrogen (secondary N) is 1. The second-order valence-corrected chi connectivity index (χ2v) is 5.28. The van der Waals surface area contributed by atoms with Crippen molar-refractivity contribution in [2.75, 3.05) is 19.4 Å². The summed E-state index contributed by atoms with van der Waals surface area (Å²) in [5, 5.41) is 2.83. The number of hydrogen-bond donors (Lipinski definition) is 1. The van der Waals surface area contributed by atoms with Gasteiger partial charge < -0.3 is 10.2 Å². The lowest BCUT2D eigenvalue weighted by Crippen LogP contribution is -2.21. The van der Waals surface area contributed by atoms with Crippen LogP contribution in [0.1, 0.15) is 33.2 Å². The van der Waals surface area contributed by atoms with Gasteiger partial charge >= 0.3 is 0 Å². The van der Waals surface area contributed by atoms with Crippen LogP contribution in [-0.2, 0) is 6.42 Å². The standard InChI is InChI=1S/C18H20N2O2/c1-4-13-5-7-14(8-6-13)17(21)19-16-11-9-15(10-12-16)18(22)20(2)3/h5-12H,4H2,1-3H3,(H,19,21). The fraction of sp³-hybridized carbons (Fsp3) is 0.222. The van der Waals surface area contributed by atoms with E-state index in [1.165, 1.54) is 10.5 Å². The Morgan fingerprint density at radius 3 is 1.95 bits per heavy atom. The number of aryl methyl sites for hydroxylation is 1. The lowest BCUT2D eigenvalue weighted by atomic mass is 10.1. The normalized spacial score (nSPS) is 10.1. The first-order valence-electron chi connectivity index (χ1n) is 7.23. The number of rotatable bonds is 4. The molecule has 0 aliphatic heterocycles. The van der Waals surface area contributed by atoms with E-state index in [4.69, 9.17) is 0 Å². The summed E-state index contributed by atoms with van der Waals surface area (Å²) in [6.07, 6.45) is 0.948. The molecule has 1 N–H and O–H groups in total. The van der Waals surface area contributed by atoms with Gasteiger partial charge in [0.2, 0.25) is 0 Å². The molecule has 0 bridgehead atoms. The summed E-state index contributed by atoms with van der Waals surface area (Å²) in [5.41, 5.74) is 3.07. The van der Waals surface area contributed by atoms with E-state index in [9.17, 15) is 9.59 Å². The molecule has 2 amide bonds. The molecule has 2 aromatic rings. The van der Waals surface area contributed by atoms with E-state index in [1.807, 2.05) is 24.3 Å². The Hall–Kier alpha value is -2.62.